The molecule has 1 atom stereocenters. The van der Waals surface area contributed by atoms with Crippen molar-refractivity contribution in [1.82, 2.24) is 10.3 Å². The molecule has 0 fully saturated rings. The molecular weight excluding hydrogens is 426 g/mol. The van der Waals surface area contributed by atoms with Crippen LogP contribution in [0.4, 0.5) is 26.3 Å². The number of H-pyrrole nitrogens is 1. The number of alkyl halides is 6. The SMILES string of the molecule is O=C(NC(c1ccccc1)c1ccccc1C(F)(F)F)c1ccc(C(F)(F)F)[nH]c1=O. The normalized spacial score (nSPS) is 13.0. The number of pyridine rings is 1. The summed E-state index contributed by atoms with van der Waals surface area (Å²) in [6.07, 6.45) is -9.55. The van der Waals surface area contributed by atoms with Gasteiger partial charge in [0.15, 0.2) is 0 Å². The zero-order valence-electron chi connectivity index (χ0n) is 15.5. The van der Waals surface area contributed by atoms with Crippen LogP contribution in [0.3, 0.4) is 0 Å². The van der Waals surface area contributed by atoms with E-state index in [2.05, 4.69) is 5.32 Å². The molecule has 0 spiro atoms. The maximum absolute atomic E-state index is 13.5. The predicted molar refractivity (Wildman–Crippen MR) is 99.3 cm³/mol. The second-order valence-electron chi connectivity index (χ2n) is 6.51. The third-order valence-electron chi connectivity index (χ3n) is 4.45. The smallest absolute Gasteiger partial charge is 0.341 e. The molecule has 0 saturated heterocycles. The minimum Gasteiger partial charge on any atom is -0.341 e. The van der Waals surface area contributed by atoms with Crippen LogP contribution in [-0.4, -0.2) is 10.9 Å². The van der Waals surface area contributed by atoms with Gasteiger partial charge in [0.05, 0.1) is 11.6 Å². The van der Waals surface area contributed by atoms with Crippen LogP contribution in [0.2, 0.25) is 0 Å². The number of benzene rings is 2. The number of aromatic amines is 1. The van der Waals surface area contributed by atoms with Crippen molar-refractivity contribution in [3.63, 3.8) is 0 Å². The Morgan fingerprint density at radius 1 is 0.806 bits per heavy atom. The molecule has 31 heavy (non-hydrogen) atoms. The van der Waals surface area contributed by atoms with Crippen LogP contribution in [0.25, 0.3) is 0 Å². The zero-order chi connectivity index (χ0) is 22.8. The summed E-state index contributed by atoms with van der Waals surface area (Å²) in [6, 6.07) is 12.1. The van der Waals surface area contributed by atoms with Crippen molar-refractivity contribution < 1.29 is 31.1 Å². The minimum atomic E-state index is -4.83. The molecule has 4 nitrogen and oxygen atoms in total. The third kappa shape index (κ3) is 4.96. The van der Waals surface area contributed by atoms with Gasteiger partial charge in [-0.3, -0.25) is 9.59 Å². The van der Waals surface area contributed by atoms with Crippen LogP contribution in [0.1, 0.15) is 38.8 Å². The monoisotopic (exact) mass is 440 g/mol. The van der Waals surface area contributed by atoms with Gasteiger partial charge in [0, 0.05) is 0 Å². The number of hydrogen-bond donors (Lipinski definition) is 2. The summed E-state index contributed by atoms with van der Waals surface area (Å²) in [5.74, 6) is -1.12. The molecule has 3 rings (SSSR count). The first kappa shape index (κ1) is 22.1. The van der Waals surface area contributed by atoms with Gasteiger partial charge in [0.1, 0.15) is 11.3 Å². The van der Waals surface area contributed by atoms with Gasteiger partial charge >= 0.3 is 12.4 Å². The van der Waals surface area contributed by atoms with E-state index in [1.807, 2.05) is 0 Å². The fraction of sp³-hybridized carbons (Fsp3) is 0.143. The van der Waals surface area contributed by atoms with Gasteiger partial charge in [-0.1, -0.05) is 48.5 Å². The molecule has 10 heteroatoms. The second-order valence-corrected chi connectivity index (χ2v) is 6.51. The molecule has 162 valence electrons. The fourth-order valence-corrected chi connectivity index (χ4v) is 3.02. The van der Waals surface area contributed by atoms with Crippen molar-refractivity contribution in [2.45, 2.75) is 18.4 Å². The van der Waals surface area contributed by atoms with Gasteiger partial charge in [-0.05, 0) is 29.3 Å². The Bertz CT molecular complexity index is 1140. The summed E-state index contributed by atoms with van der Waals surface area (Å²) in [6.45, 7) is 0. The molecule has 1 unspecified atom stereocenters. The van der Waals surface area contributed by atoms with E-state index in [1.165, 1.54) is 30.3 Å². The highest BCUT2D eigenvalue weighted by Gasteiger charge is 2.36. The highest BCUT2D eigenvalue weighted by Crippen LogP contribution is 2.36. The molecular formula is C21H14F6N2O2. The average molecular weight is 440 g/mol. The number of nitrogens with one attached hydrogen (secondary N) is 2. The summed E-state index contributed by atoms with van der Waals surface area (Å²) in [4.78, 5) is 26.2. The van der Waals surface area contributed by atoms with Gasteiger partial charge in [0.25, 0.3) is 11.5 Å². The Kier molecular flexibility index (Phi) is 5.92. The van der Waals surface area contributed by atoms with Crippen LogP contribution in [0, 0.1) is 0 Å². The first-order chi connectivity index (χ1) is 14.5. The molecule has 0 radical (unpaired) electrons. The van der Waals surface area contributed by atoms with E-state index in [1.54, 1.807) is 23.2 Å². The number of carbonyl (C=O) groups excluding carboxylic acids is 1. The second kappa shape index (κ2) is 8.29. The van der Waals surface area contributed by atoms with Gasteiger partial charge in [-0.25, -0.2) is 0 Å². The lowest BCUT2D eigenvalue weighted by atomic mass is 9.93. The molecule has 1 heterocycles. The number of carbonyl (C=O) groups is 1. The van der Waals surface area contributed by atoms with Crippen LogP contribution >= 0.6 is 0 Å². The number of amides is 1. The minimum absolute atomic E-state index is 0.280. The van der Waals surface area contributed by atoms with Crippen molar-refractivity contribution in [3.8, 4) is 0 Å². The largest absolute Gasteiger partial charge is 0.431 e. The van der Waals surface area contributed by atoms with E-state index in [4.69, 9.17) is 0 Å². The summed E-state index contributed by atoms with van der Waals surface area (Å²) >= 11 is 0. The summed E-state index contributed by atoms with van der Waals surface area (Å²) in [7, 11) is 0. The predicted octanol–water partition coefficient (Wildman–Crippen LogP) is 4.93. The molecule has 0 bridgehead atoms. The van der Waals surface area contributed by atoms with Crippen LogP contribution in [-0.2, 0) is 12.4 Å². The number of halogens is 6. The van der Waals surface area contributed by atoms with Crippen LogP contribution in [0.15, 0.2) is 71.5 Å². The standard InChI is InChI=1S/C21H14F6N2O2/c22-20(23,24)15-9-5-4-8-13(15)17(12-6-2-1-3-7-12)29-19(31)14-10-11-16(21(25,26)27)28-18(14)30/h1-11,17H,(H,28,30)(H,29,31). The Morgan fingerprint density at radius 3 is 2.00 bits per heavy atom. The van der Waals surface area contributed by atoms with Gasteiger partial charge in [0.2, 0.25) is 0 Å². The fourth-order valence-electron chi connectivity index (χ4n) is 3.02. The van der Waals surface area contributed by atoms with E-state index in [0.29, 0.717) is 12.1 Å². The lowest BCUT2D eigenvalue weighted by molar-refractivity contribution is -0.141. The number of hydrogen-bond acceptors (Lipinski definition) is 2. The maximum atomic E-state index is 13.5. The van der Waals surface area contributed by atoms with Crippen molar-refractivity contribution >= 4 is 5.91 Å². The zero-order valence-corrected chi connectivity index (χ0v) is 15.5. The van der Waals surface area contributed by atoms with Crippen molar-refractivity contribution in [2.24, 2.45) is 0 Å². The quantitative estimate of drug-likeness (QED) is 0.565. The molecule has 3 aromatic rings. The van der Waals surface area contributed by atoms with Gasteiger partial charge in [-0.2, -0.15) is 26.3 Å². The molecule has 0 aliphatic heterocycles. The van der Waals surface area contributed by atoms with Gasteiger partial charge in [-0.15, -0.1) is 0 Å². The lowest BCUT2D eigenvalue weighted by Crippen LogP contribution is -2.34. The number of rotatable bonds is 4. The molecule has 1 aromatic heterocycles. The molecule has 0 saturated carbocycles. The topological polar surface area (TPSA) is 62.0 Å². The van der Waals surface area contributed by atoms with E-state index >= 15 is 0 Å². The molecule has 2 N–H and O–H groups in total. The van der Waals surface area contributed by atoms with Crippen LogP contribution in [0.5, 0.6) is 0 Å². The molecule has 2 aromatic carbocycles. The molecule has 0 aliphatic carbocycles. The number of aromatic nitrogens is 1. The highest BCUT2D eigenvalue weighted by molar-refractivity contribution is 5.94. The lowest BCUT2D eigenvalue weighted by Gasteiger charge is -2.23. The van der Waals surface area contributed by atoms with Gasteiger partial charge < -0.3 is 10.3 Å². The maximum Gasteiger partial charge on any atom is 0.431 e. The summed E-state index contributed by atoms with van der Waals surface area (Å²) < 4.78 is 78.8. The average Bonchev–Trinajstić information content (AvgIpc) is 2.71. The van der Waals surface area contributed by atoms with Crippen molar-refractivity contribution in [1.29, 1.82) is 0 Å². The molecule has 0 aliphatic rings. The first-order valence-electron chi connectivity index (χ1n) is 8.81. The highest BCUT2D eigenvalue weighted by atomic mass is 19.4. The summed E-state index contributed by atoms with van der Waals surface area (Å²) in [5.41, 5.74) is -4.32. The van der Waals surface area contributed by atoms with E-state index in [0.717, 1.165) is 6.07 Å². The summed E-state index contributed by atoms with van der Waals surface area (Å²) in [5, 5.41) is 2.34. The first-order valence-corrected chi connectivity index (χ1v) is 8.81. The third-order valence-corrected chi connectivity index (χ3v) is 4.45. The van der Waals surface area contributed by atoms with Crippen LogP contribution < -0.4 is 10.9 Å². The Labute approximate surface area is 171 Å². The Morgan fingerprint density at radius 2 is 1.42 bits per heavy atom. The van der Waals surface area contributed by atoms with E-state index in [9.17, 15) is 35.9 Å². The molecule has 1 amide bonds. The Balaban J connectivity index is 2.04. The van der Waals surface area contributed by atoms with Crippen molar-refractivity contribution in [2.75, 3.05) is 0 Å². The van der Waals surface area contributed by atoms with E-state index < -0.39 is 46.7 Å². The van der Waals surface area contributed by atoms with E-state index in [-0.39, 0.29) is 11.1 Å². The van der Waals surface area contributed by atoms with Crippen molar-refractivity contribution in [3.05, 3.63) is 105 Å². The Hall–Kier alpha value is -3.56.